The number of carbonyl (C=O) groups is 3. The fourth-order valence-electron chi connectivity index (χ4n) is 1.39. The average Bonchev–Trinajstić information content (AvgIpc) is 2.01. The quantitative estimate of drug-likeness (QED) is 0.625. The van der Waals surface area contributed by atoms with E-state index in [4.69, 9.17) is 0 Å². The highest BCUT2D eigenvalue weighted by molar-refractivity contribution is 6.16. The summed E-state index contributed by atoms with van der Waals surface area (Å²) in [5.74, 6) is -1.62. The molecule has 1 aliphatic heterocycles. The molecule has 1 saturated heterocycles. The maximum absolute atomic E-state index is 11.4. The van der Waals surface area contributed by atoms with Gasteiger partial charge >= 0.3 is 6.03 Å². The maximum atomic E-state index is 11.4. The molecule has 0 aromatic rings. The smallest absolute Gasteiger partial charge is 0.277 e. The Bertz CT molecular complexity index is 266. The fraction of sp³-hybridized carbons (Fsp3) is 0.667. The van der Waals surface area contributed by atoms with E-state index in [0.29, 0.717) is 0 Å². The molecule has 0 saturated carbocycles. The summed E-state index contributed by atoms with van der Waals surface area (Å²) in [5, 5.41) is 4.17. The Morgan fingerprint density at radius 1 is 1.00 bits per heavy atom. The minimum absolute atomic E-state index is 0.0805. The summed E-state index contributed by atoms with van der Waals surface area (Å²) in [6.45, 7) is 5.69. The summed E-state index contributed by atoms with van der Waals surface area (Å²) in [7, 11) is 0. The highest BCUT2D eigenvalue weighted by Gasteiger charge is 2.38. The number of hydrogen-bond donors (Lipinski definition) is 2. The lowest BCUT2D eigenvalue weighted by atomic mass is 9.83. The Labute approximate surface area is 82.2 Å². The van der Waals surface area contributed by atoms with Crippen LogP contribution in [0.15, 0.2) is 0 Å². The van der Waals surface area contributed by atoms with Gasteiger partial charge in [0.2, 0.25) is 11.8 Å². The molecule has 0 aromatic carbocycles. The molecule has 1 heterocycles. The van der Waals surface area contributed by atoms with Crippen LogP contribution < -0.4 is 10.6 Å². The molecule has 0 aliphatic carbocycles. The summed E-state index contributed by atoms with van der Waals surface area (Å²) in [4.78, 5) is 33.5. The molecule has 1 atom stereocenters. The van der Waals surface area contributed by atoms with Crippen molar-refractivity contribution in [2.24, 2.45) is 17.8 Å². The molecule has 2 N–H and O–H groups in total. The van der Waals surface area contributed by atoms with Gasteiger partial charge in [-0.25, -0.2) is 4.79 Å². The number of amides is 4. The van der Waals surface area contributed by atoms with E-state index >= 15 is 0 Å². The maximum Gasteiger partial charge on any atom is 0.328 e. The molecule has 14 heavy (non-hydrogen) atoms. The van der Waals surface area contributed by atoms with Crippen LogP contribution in [0.2, 0.25) is 0 Å². The van der Waals surface area contributed by atoms with Gasteiger partial charge in [-0.3, -0.25) is 20.2 Å². The molecule has 0 bridgehead atoms. The van der Waals surface area contributed by atoms with Crippen molar-refractivity contribution in [2.75, 3.05) is 0 Å². The van der Waals surface area contributed by atoms with Crippen LogP contribution in [0.3, 0.4) is 0 Å². The van der Waals surface area contributed by atoms with Gasteiger partial charge in [0.1, 0.15) is 5.92 Å². The second-order valence-electron chi connectivity index (χ2n) is 3.89. The van der Waals surface area contributed by atoms with Crippen molar-refractivity contribution >= 4 is 17.8 Å². The van der Waals surface area contributed by atoms with Crippen LogP contribution in [0.1, 0.15) is 20.8 Å². The molecule has 1 unspecified atom stereocenters. The summed E-state index contributed by atoms with van der Waals surface area (Å²) in [5.41, 5.74) is 0. The lowest BCUT2D eigenvalue weighted by Crippen LogP contribution is -2.57. The molecule has 1 aliphatic rings. The largest absolute Gasteiger partial charge is 0.328 e. The Hall–Kier alpha value is -1.39. The first kappa shape index (κ1) is 10.7. The van der Waals surface area contributed by atoms with Gasteiger partial charge in [0, 0.05) is 0 Å². The van der Waals surface area contributed by atoms with Crippen LogP contribution >= 0.6 is 0 Å². The normalized spacial score (nSPS) is 20.7. The number of nitrogens with one attached hydrogen (secondary N) is 2. The zero-order valence-corrected chi connectivity index (χ0v) is 8.46. The van der Waals surface area contributed by atoms with Crippen molar-refractivity contribution in [2.45, 2.75) is 20.8 Å². The van der Waals surface area contributed by atoms with Crippen molar-refractivity contribution in [1.29, 1.82) is 0 Å². The molecular formula is C9H14N2O3. The molecule has 78 valence electrons. The number of hydrogen-bond acceptors (Lipinski definition) is 3. The Kier molecular flexibility index (Phi) is 2.88. The zero-order chi connectivity index (χ0) is 10.9. The number of rotatable bonds is 2. The second kappa shape index (κ2) is 3.77. The van der Waals surface area contributed by atoms with Crippen LogP contribution in [0.4, 0.5) is 4.79 Å². The van der Waals surface area contributed by atoms with E-state index in [2.05, 4.69) is 10.6 Å². The predicted molar refractivity (Wildman–Crippen MR) is 49.2 cm³/mol. The van der Waals surface area contributed by atoms with Gasteiger partial charge in [-0.05, 0) is 11.8 Å². The molecule has 4 amide bonds. The van der Waals surface area contributed by atoms with Crippen LogP contribution in [-0.2, 0) is 9.59 Å². The van der Waals surface area contributed by atoms with Crippen LogP contribution in [-0.4, -0.2) is 17.8 Å². The van der Waals surface area contributed by atoms with Gasteiger partial charge in [-0.1, -0.05) is 20.8 Å². The number of imide groups is 2. The molecule has 0 spiro atoms. The fourth-order valence-corrected chi connectivity index (χ4v) is 1.39. The molecular weight excluding hydrogens is 184 g/mol. The molecule has 5 nitrogen and oxygen atoms in total. The Balaban J connectivity index is 2.82. The molecule has 5 heteroatoms. The van der Waals surface area contributed by atoms with E-state index < -0.39 is 23.8 Å². The molecule has 1 fully saturated rings. The SMILES string of the molecule is CC(C)C(C)C1C(=O)NC(=O)NC1=O. The van der Waals surface area contributed by atoms with Crippen molar-refractivity contribution < 1.29 is 14.4 Å². The van der Waals surface area contributed by atoms with E-state index in [1.165, 1.54) is 0 Å². The Morgan fingerprint density at radius 2 is 1.43 bits per heavy atom. The third kappa shape index (κ3) is 1.92. The molecule has 1 rings (SSSR count). The standard InChI is InChI=1S/C9H14N2O3/c1-4(2)5(3)6-7(12)10-9(14)11-8(6)13/h4-6H,1-3H3,(H2,10,11,12,13,14). The lowest BCUT2D eigenvalue weighted by Gasteiger charge is -2.27. The van der Waals surface area contributed by atoms with Gasteiger partial charge in [0.25, 0.3) is 0 Å². The first-order valence-electron chi connectivity index (χ1n) is 4.59. The summed E-state index contributed by atoms with van der Waals surface area (Å²) < 4.78 is 0. The van der Waals surface area contributed by atoms with Crippen molar-refractivity contribution in [3.05, 3.63) is 0 Å². The van der Waals surface area contributed by atoms with Gasteiger partial charge < -0.3 is 0 Å². The third-order valence-electron chi connectivity index (χ3n) is 2.62. The lowest BCUT2D eigenvalue weighted by molar-refractivity contribution is -0.138. The van der Waals surface area contributed by atoms with E-state index in [1.54, 1.807) is 0 Å². The van der Waals surface area contributed by atoms with E-state index in [-0.39, 0.29) is 11.8 Å². The predicted octanol–water partition coefficient (Wildman–Crippen LogP) is 0.261. The zero-order valence-electron chi connectivity index (χ0n) is 8.46. The first-order valence-corrected chi connectivity index (χ1v) is 4.59. The number of urea groups is 1. The van der Waals surface area contributed by atoms with Gasteiger partial charge in [-0.2, -0.15) is 0 Å². The summed E-state index contributed by atoms with van der Waals surface area (Å²) in [6, 6.07) is -0.729. The first-order chi connectivity index (χ1) is 6.43. The van der Waals surface area contributed by atoms with Crippen molar-refractivity contribution in [3.63, 3.8) is 0 Å². The monoisotopic (exact) mass is 198 g/mol. The summed E-state index contributed by atoms with van der Waals surface area (Å²) >= 11 is 0. The van der Waals surface area contributed by atoms with Crippen molar-refractivity contribution in [3.8, 4) is 0 Å². The van der Waals surface area contributed by atoms with Crippen LogP contribution in [0.25, 0.3) is 0 Å². The average molecular weight is 198 g/mol. The minimum Gasteiger partial charge on any atom is -0.277 e. The van der Waals surface area contributed by atoms with Gasteiger partial charge in [0.15, 0.2) is 0 Å². The second-order valence-corrected chi connectivity index (χ2v) is 3.89. The summed E-state index contributed by atoms with van der Waals surface area (Å²) in [6.07, 6.45) is 0. The van der Waals surface area contributed by atoms with Gasteiger partial charge in [0.05, 0.1) is 0 Å². The third-order valence-corrected chi connectivity index (χ3v) is 2.62. The Morgan fingerprint density at radius 3 is 1.79 bits per heavy atom. The van der Waals surface area contributed by atoms with Crippen molar-refractivity contribution in [1.82, 2.24) is 10.6 Å². The van der Waals surface area contributed by atoms with Crippen LogP contribution in [0, 0.1) is 17.8 Å². The highest BCUT2D eigenvalue weighted by Crippen LogP contribution is 2.22. The number of barbiturate groups is 1. The molecule has 0 radical (unpaired) electrons. The van der Waals surface area contributed by atoms with E-state index in [0.717, 1.165) is 0 Å². The minimum atomic E-state index is -0.757. The van der Waals surface area contributed by atoms with Gasteiger partial charge in [-0.15, -0.1) is 0 Å². The van der Waals surface area contributed by atoms with E-state index in [9.17, 15) is 14.4 Å². The topological polar surface area (TPSA) is 75.3 Å². The number of carbonyl (C=O) groups excluding carboxylic acids is 3. The van der Waals surface area contributed by atoms with Crippen LogP contribution in [0.5, 0.6) is 0 Å². The van der Waals surface area contributed by atoms with E-state index in [1.807, 2.05) is 20.8 Å². The highest BCUT2D eigenvalue weighted by atomic mass is 16.2. The molecule has 0 aromatic heterocycles.